The molecule has 2 atom stereocenters. The van der Waals surface area contributed by atoms with Gasteiger partial charge in [0.1, 0.15) is 11.2 Å². The van der Waals surface area contributed by atoms with Gasteiger partial charge < -0.3 is 40.0 Å². The minimum absolute atomic E-state index is 0.282. The molecule has 298 valence electrons. The summed E-state index contributed by atoms with van der Waals surface area (Å²) in [4.78, 5) is 31.3. The Balaban J connectivity index is 0.00000126. The fourth-order valence-corrected chi connectivity index (χ4v) is 8.01. The summed E-state index contributed by atoms with van der Waals surface area (Å²) in [6, 6.07) is 23.0. The van der Waals surface area contributed by atoms with Crippen molar-refractivity contribution in [3.05, 3.63) is 106 Å². The van der Waals surface area contributed by atoms with Crippen LogP contribution in [0.3, 0.4) is 0 Å². The Morgan fingerprint density at radius 2 is 0.981 bits per heavy atom. The van der Waals surface area contributed by atoms with Crippen molar-refractivity contribution in [3.63, 3.8) is 0 Å². The zero-order valence-electron chi connectivity index (χ0n) is 33.1. The molecular weight excluding hydrogens is 710 g/mol. The van der Waals surface area contributed by atoms with Crippen molar-refractivity contribution in [3.8, 4) is 0 Å². The highest BCUT2D eigenvalue weighted by molar-refractivity contribution is 7.53. The molecule has 0 heterocycles. The highest BCUT2D eigenvalue weighted by Gasteiger charge is 2.65. The second kappa shape index (κ2) is 20.9. The van der Waals surface area contributed by atoms with Gasteiger partial charge in [0.15, 0.2) is 0 Å². The van der Waals surface area contributed by atoms with E-state index in [0.29, 0.717) is 23.1 Å². The van der Waals surface area contributed by atoms with Crippen molar-refractivity contribution in [2.45, 2.75) is 135 Å². The van der Waals surface area contributed by atoms with E-state index in [-0.39, 0.29) is 6.42 Å². The molecule has 0 saturated heterocycles. The van der Waals surface area contributed by atoms with Gasteiger partial charge in [-0.2, -0.15) is 0 Å². The van der Waals surface area contributed by atoms with Crippen LogP contribution < -0.4 is 0 Å². The largest absolute Gasteiger partial charge is 0.395 e. The minimum atomic E-state index is -2.61. The van der Waals surface area contributed by atoms with Crippen LogP contribution >= 0.6 is 17.2 Å². The molecule has 0 fully saturated rings. The summed E-state index contributed by atoms with van der Waals surface area (Å²) in [5.41, 5.74) is -1.69. The van der Waals surface area contributed by atoms with Crippen LogP contribution in [-0.2, 0) is 26.3 Å². The highest BCUT2D eigenvalue weighted by Crippen LogP contribution is 2.59. The van der Waals surface area contributed by atoms with Crippen LogP contribution in [0.25, 0.3) is 0 Å². The van der Waals surface area contributed by atoms with Gasteiger partial charge in [0.05, 0.1) is 18.6 Å². The van der Waals surface area contributed by atoms with Crippen LogP contribution in [0.2, 0.25) is 0 Å². The molecule has 0 bridgehead atoms. The van der Waals surface area contributed by atoms with E-state index >= 15 is 0 Å². The number of aliphatic hydroxyl groups is 4. The lowest BCUT2D eigenvalue weighted by Gasteiger charge is -2.56. The van der Waals surface area contributed by atoms with E-state index in [1.807, 2.05) is 60.7 Å². The normalized spacial score (nSPS) is 14.8. The van der Waals surface area contributed by atoms with Crippen LogP contribution in [0.15, 0.2) is 72.8 Å². The summed E-state index contributed by atoms with van der Waals surface area (Å²) in [6.07, 6.45) is 9.03. The standard InChI is InChI=1S/C42H62O4.H4O5P2/c1-9-10-11-12-13-14-15-22-27-41(45,33-23-18-16-19-24-33)40(30-43,31-44)42(46,34-25-20-17-21-26-34)37-35(38(3,4)5)28-32(2)29-36(37)39(6,7)8;1-6(2)5-7(3)4/h16-21,23-26,28-29,43-46H,9-15,22,27,30-31H2,1-8H3;1-4H. The van der Waals surface area contributed by atoms with Crippen LogP contribution in [0.5, 0.6) is 0 Å². The van der Waals surface area contributed by atoms with E-state index in [1.54, 1.807) is 0 Å². The molecule has 0 aliphatic carbocycles. The first-order chi connectivity index (χ1) is 24.8. The maximum atomic E-state index is 13.9. The number of hydrogen-bond acceptors (Lipinski definition) is 9. The van der Waals surface area contributed by atoms with Crippen LogP contribution in [0.1, 0.15) is 140 Å². The van der Waals surface area contributed by atoms with Gasteiger partial charge in [-0.1, -0.05) is 178 Å². The van der Waals surface area contributed by atoms with Gasteiger partial charge in [0, 0.05) is 0 Å². The third-order valence-electron chi connectivity index (χ3n) is 10.3. The quantitative estimate of drug-likeness (QED) is 0.0465. The summed E-state index contributed by atoms with van der Waals surface area (Å²) in [5, 5.41) is 50.6. The Labute approximate surface area is 320 Å². The second-order valence-electron chi connectivity index (χ2n) is 16.2. The summed E-state index contributed by atoms with van der Waals surface area (Å²) in [5.74, 6) is 0. The Morgan fingerprint density at radius 3 is 1.34 bits per heavy atom. The molecule has 8 N–H and O–H groups in total. The average molecular weight is 777 g/mol. The van der Waals surface area contributed by atoms with Gasteiger partial charge in [-0.15, -0.1) is 0 Å². The maximum Gasteiger partial charge on any atom is 0.334 e. The molecular formula is C42H66O9P2. The predicted molar refractivity (Wildman–Crippen MR) is 216 cm³/mol. The van der Waals surface area contributed by atoms with Crippen molar-refractivity contribution in [2.24, 2.45) is 5.41 Å². The SMILES string of the molecule is CCCCCCCCCCC(O)(c1ccccc1)C(CO)(CO)C(O)(c1ccccc1)c1c(C(C)(C)C)cc(C)cc1C(C)(C)C.OP(O)OP(O)O. The van der Waals surface area contributed by atoms with Crippen molar-refractivity contribution < 1.29 is 44.3 Å². The lowest BCUT2D eigenvalue weighted by Crippen LogP contribution is -2.64. The number of aliphatic hydroxyl groups excluding tert-OH is 2. The highest BCUT2D eigenvalue weighted by atomic mass is 31.2. The molecule has 0 amide bonds. The zero-order valence-corrected chi connectivity index (χ0v) is 34.9. The number of unbranched alkanes of at least 4 members (excludes halogenated alkanes) is 7. The Hall–Kier alpha value is -1.84. The fraction of sp³-hybridized carbons (Fsp3) is 0.571. The molecule has 9 nitrogen and oxygen atoms in total. The van der Waals surface area contributed by atoms with E-state index in [4.69, 9.17) is 19.6 Å². The molecule has 0 aliphatic rings. The van der Waals surface area contributed by atoms with Crippen molar-refractivity contribution in [1.82, 2.24) is 0 Å². The summed E-state index contributed by atoms with van der Waals surface area (Å²) in [6.45, 7) is 15.8. The molecule has 0 radical (unpaired) electrons. The molecule has 0 aromatic heterocycles. The molecule has 2 unspecified atom stereocenters. The van der Waals surface area contributed by atoms with Crippen molar-refractivity contribution in [1.29, 1.82) is 0 Å². The van der Waals surface area contributed by atoms with Gasteiger partial charge in [0.2, 0.25) is 0 Å². The molecule has 3 aromatic rings. The maximum absolute atomic E-state index is 13.9. The fourth-order valence-electron chi connectivity index (χ4n) is 7.49. The summed E-state index contributed by atoms with van der Waals surface area (Å²) < 4.78 is 3.60. The van der Waals surface area contributed by atoms with Crippen molar-refractivity contribution in [2.75, 3.05) is 13.2 Å². The molecule has 11 heteroatoms. The monoisotopic (exact) mass is 776 g/mol. The van der Waals surface area contributed by atoms with Gasteiger partial charge >= 0.3 is 17.2 Å². The van der Waals surface area contributed by atoms with E-state index in [2.05, 4.69) is 71.8 Å². The predicted octanol–water partition coefficient (Wildman–Crippen LogP) is 8.64. The molecule has 53 heavy (non-hydrogen) atoms. The van der Waals surface area contributed by atoms with E-state index in [9.17, 15) is 20.4 Å². The topological polar surface area (TPSA) is 171 Å². The van der Waals surface area contributed by atoms with Crippen LogP contribution in [0.4, 0.5) is 0 Å². The van der Waals surface area contributed by atoms with Crippen molar-refractivity contribution >= 4 is 17.2 Å². The molecule has 3 aromatic carbocycles. The zero-order chi connectivity index (χ0) is 40.1. The van der Waals surface area contributed by atoms with E-state index < -0.39 is 57.9 Å². The number of aryl methyl sites for hydroxylation is 1. The first kappa shape index (κ1) is 47.3. The van der Waals surface area contributed by atoms with Gasteiger partial charge in [-0.05, 0) is 52.0 Å². The van der Waals surface area contributed by atoms with E-state index in [0.717, 1.165) is 36.0 Å². The Kier molecular flexibility index (Phi) is 18.7. The lowest BCUT2D eigenvalue weighted by molar-refractivity contribution is -0.230. The summed E-state index contributed by atoms with van der Waals surface area (Å²) in [7, 11) is -5.22. The smallest absolute Gasteiger partial charge is 0.334 e. The number of rotatable bonds is 18. The van der Waals surface area contributed by atoms with Gasteiger partial charge in [0.25, 0.3) is 0 Å². The third kappa shape index (κ3) is 11.8. The number of benzene rings is 3. The Bertz CT molecular complexity index is 1440. The second-order valence-corrected chi connectivity index (χ2v) is 17.9. The summed E-state index contributed by atoms with van der Waals surface area (Å²) >= 11 is 0. The van der Waals surface area contributed by atoms with Gasteiger partial charge in [-0.3, -0.25) is 0 Å². The third-order valence-corrected chi connectivity index (χ3v) is 11.4. The van der Waals surface area contributed by atoms with Crippen LogP contribution in [0, 0.1) is 12.3 Å². The molecule has 0 saturated carbocycles. The molecule has 0 aliphatic heterocycles. The Morgan fingerprint density at radius 1 is 0.585 bits per heavy atom. The first-order valence-electron chi connectivity index (χ1n) is 18.7. The van der Waals surface area contributed by atoms with Gasteiger partial charge in [-0.25, -0.2) is 4.31 Å². The first-order valence-corrected chi connectivity index (χ1v) is 21.1. The number of hydrogen-bond donors (Lipinski definition) is 8. The minimum Gasteiger partial charge on any atom is -0.395 e. The molecule has 0 spiro atoms. The average Bonchev–Trinajstić information content (AvgIpc) is 3.09. The lowest BCUT2D eigenvalue weighted by atomic mass is 9.52. The van der Waals surface area contributed by atoms with E-state index in [1.165, 1.54) is 25.7 Å². The van der Waals surface area contributed by atoms with Crippen LogP contribution in [-0.4, -0.2) is 53.2 Å². The molecule has 3 rings (SSSR count).